The number of rotatable bonds is 6. The molecule has 0 unspecified atom stereocenters. The molecule has 142 valence electrons. The van der Waals surface area contributed by atoms with Gasteiger partial charge in [0.25, 0.3) is 5.91 Å². The summed E-state index contributed by atoms with van der Waals surface area (Å²) in [5.41, 5.74) is 2.08. The highest BCUT2D eigenvalue weighted by molar-refractivity contribution is 6.07. The highest BCUT2D eigenvalue weighted by atomic mass is 16.5. The number of hydrogen-bond acceptors (Lipinski definition) is 5. The van der Waals surface area contributed by atoms with Crippen molar-refractivity contribution in [2.75, 3.05) is 25.6 Å². The number of anilines is 1. The van der Waals surface area contributed by atoms with Gasteiger partial charge in [-0.1, -0.05) is 12.1 Å². The number of nitrogens with zero attached hydrogens (tertiary/aromatic N) is 1. The van der Waals surface area contributed by atoms with Crippen molar-refractivity contribution in [1.29, 1.82) is 5.26 Å². The molecule has 6 nitrogen and oxygen atoms in total. The van der Waals surface area contributed by atoms with E-state index in [0.29, 0.717) is 29.5 Å². The van der Waals surface area contributed by atoms with Gasteiger partial charge in [0, 0.05) is 11.6 Å². The lowest BCUT2D eigenvalue weighted by Gasteiger charge is -2.17. The number of nitrogens with one attached hydrogen (secondary N) is 1. The van der Waals surface area contributed by atoms with E-state index in [2.05, 4.69) is 5.32 Å². The number of carbonyl (C=O) groups is 1. The highest BCUT2D eigenvalue weighted by Crippen LogP contribution is 2.31. The maximum atomic E-state index is 12.6. The largest absolute Gasteiger partial charge is 0.497 e. The second-order valence-electron chi connectivity index (χ2n) is 5.96. The number of methoxy groups -OCH3 is 1. The molecule has 0 saturated heterocycles. The van der Waals surface area contributed by atoms with E-state index in [1.807, 2.05) is 37.3 Å². The van der Waals surface area contributed by atoms with Crippen LogP contribution in [-0.2, 0) is 4.79 Å². The SMILES string of the molecule is CCOc1ccccc1NC(=O)/C(C#N)=C/C1=Cc2ccc(OC)cc2OC1. The molecule has 0 aromatic heterocycles. The molecule has 0 spiro atoms. The predicted molar refractivity (Wildman–Crippen MR) is 106 cm³/mol. The second kappa shape index (κ2) is 8.78. The minimum atomic E-state index is -0.504. The monoisotopic (exact) mass is 376 g/mol. The quantitative estimate of drug-likeness (QED) is 0.610. The molecule has 1 aliphatic rings. The minimum absolute atomic E-state index is 0.0156. The van der Waals surface area contributed by atoms with E-state index in [1.54, 1.807) is 31.4 Å². The van der Waals surface area contributed by atoms with Crippen LogP contribution < -0.4 is 19.5 Å². The Morgan fingerprint density at radius 2 is 2.14 bits per heavy atom. The lowest BCUT2D eigenvalue weighted by Crippen LogP contribution is -2.15. The summed E-state index contributed by atoms with van der Waals surface area (Å²) in [7, 11) is 1.59. The molecule has 0 atom stereocenters. The van der Waals surface area contributed by atoms with Gasteiger partial charge in [-0.25, -0.2) is 0 Å². The van der Waals surface area contributed by atoms with Crippen molar-refractivity contribution in [3.8, 4) is 23.3 Å². The van der Waals surface area contributed by atoms with Gasteiger partial charge in [0.1, 0.15) is 35.5 Å². The van der Waals surface area contributed by atoms with Gasteiger partial charge in [-0.2, -0.15) is 5.26 Å². The molecule has 0 bridgehead atoms. The zero-order valence-electron chi connectivity index (χ0n) is 15.7. The molecule has 0 fully saturated rings. The van der Waals surface area contributed by atoms with Crippen molar-refractivity contribution >= 4 is 17.7 Å². The van der Waals surface area contributed by atoms with Gasteiger partial charge in [-0.3, -0.25) is 4.79 Å². The summed E-state index contributed by atoms with van der Waals surface area (Å²) in [4.78, 5) is 12.6. The highest BCUT2D eigenvalue weighted by Gasteiger charge is 2.16. The molecule has 0 radical (unpaired) electrons. The molecule has 2 aromatic rings. The summed E-state index contributed by atoms with van der Waals surface area (Å²) >= 11 is 0. The fourth-order valence-corrected chi connectivity index (χ4v) is 2.75. The predicted octanol–water partition coefficient (Wildman–Crippen LogP) is 3.96. The van der Waals surface area contributed by atoms with Crippen molar-refractivity contribution in [1.82, 2.24) is 0 Å². The van der Waals surface area contributed by atoms with Crippen LogP contribution in [0.4, 0.5) is 5.69 Å². The molecule has 1 N–H and O–H groups in total. The van der Waals surface area contributed by atoms with Gasteiger partial charge >= 0.3 is 0 Å². The van der Waals surface area contributed by atoms with E-state index in [0.717, 1.165) is 11.1 Å². The molecule has 1 amide bonds. The van der Waals surface area contributed by atoms with E-state index >= 15 is 0 Å². The standard InChI is InChI=1S/C22H20N2O4/c1-3-27-20-7-5-4-6-19(20)24-22(25)17(13-23)11-15-10-16-8-9-18(26-2)12-21(16)28-14-15/h4-12H,3,14H2,1-2H3,(H,24,25)/b17-11+. The summed E-state index contributed by atoms with van der Waals surface area (Å²) in [6.45, 7) is 2.60. The van der Waals surface area contributed by atoms with Crippen molar-refractivity contribution in [2.24, 2.45) is 0 Å². The van der Waals surface area contributed by atoms with E-state index in [-0.39, 0.29) is 12.2 Å². The Morgan fingerprint density at radius 3 is 2.89 bits per heavy atom. The van der Waals surface area contributed by atoms with E-state index in [9.17, 15) is 10.1 Å². The number of fused-ring (bicyclic) bond motifs is 1. The van der Waals surface area contributed by atoms with Crippen LogP contribution in [-0.4, -0.2) is 26.2 Å². The molecule has 2 aromatic carbocycles. The normalized spacial score (nSPS) is 12.8. The van der Waals surface area contributed by atoms with Crippen molar-refractivity contribution in [2.45, 2.75) is 6.92 Å². The number of nitriles is 1. The third kappa shape index (κ3) is 4.33. The van der Waals surface area contributed by atoms with E-state index in [1.165, 1.54) is 6.08 Å². The average molecular weight is 376 g/mol. The maximum absolute atomic E-state index is 12.6. The molecule has 3 rings (SSSR count). The number of hydrogen-bond donors (Lipinski definition) is 1. The van der Waals surface area contributed by atoms with Gasteiger partial charge in [0.2, 0.25) is 0 Å². The molecule has 0 aliphatic carbocycles. The van der Waals surface area contributed by atoms with E-state index in [4.69, 9.17) is 14.2 Å². The number of benzene rings is 2. The first-order valence-electron chi connectivity index (χ1n) is 8.81. The number of amides is 1. The molecule has 0 saturated carbocycles. The summed E-state index contributed by atoms with van der Waals surface area (Å²) in [6, 6.07) is 14.5. The summed E-state index contributed by atoms with van der Waals surface area (Å²) in [6.07, 6.45) is 3.42. The lowest BCUT2D eigenvalue weighted by molar-refractivity contribution is -0.112. The smallest absolute Gasteiger partial charge is 0.266 e. The topological polar surface area (TPSA) is 80.6 Å². The number of ether oxygens (including phenoxy) is 3. The summed E-state index contributed by atoms with van der Waals surface area (Å²) in [5, 5.41) is 12.2. The third-order valence-electron chi connectivity index (χ3n) is 4.09. The first-order chi connectivity index (χ1) is 13.6. The van der Waals surface area contributed by atoms with Crippen LogP contribution in [0.1, 0.15) is 12.5 Å². The minimum Gasteiger partial charge on any atom is -0.497 e. The van der Waals surface area contributed by atoms with Crippen LogP contribution in [0.3, 0.4) is 0 Å². The Labute approximate surface area is 163 Å². The first-order valence-corrected chi connectivity index (χ1v) is 8.81. The van der Waals surface area contributed by atoms with Crippen LogP contribution >= 0.6 is 0 Å². The van der Waals surface area contributed by atoms with Gasteiger partial charge in [-0.05, 0) is 48.9 Å². The third-order valence-corrected chi connectivity index (χ3v) is 4.09. The van der Waals surface area contributed by atoms with Crippen LogP contribution in [0.15, 0.2) is 59.7 Å². The number of carbonyl (C=O) groups excluding carboxylic acids is 1. The summed E-state index contributed by atoms with van der Waals surface area (Å²) < 4.78 is 16.4. The Morgan fingerprint density at radius 1 is 1.32 bits per heavy atom. The Balaban J connectivity index is 1.81. The molecule has 6 heteroatoms. The molecular formula is C22H20N2O4. The zero-order valence-corrected chi connectivity index (χ0v) is 15.7. The Bertz CT molecular complexity index is 986. The van der Waals surface area contributed by atoms with Crippen LogP contribution in [0, 0.1) is 11.3 Å². The van der Waals surface area contributed by atoms with Gasteiger partial charge in [0.05, 0.1) is 19.4 Å². The maximum Gasteiger partial charge on any atom is 0.266 e. The van der Waals surface area contributed by atoms with Gasteiger partial charge < -0.3 is 19.5 Å². The fraction of sp³-hybridized carbons (Fsp3) is 0.182. The molecular weight excluding hydrogens is 356 g/mol. The van der Waals surface area contributed by atoms with Gasteiger partial charge in [0.15, 0.2) is 0 Å². The van der Waals surface area contributed by atoms with Crippen LogP contribution in [0.5, 0.6) is 17.2 Å². The van der Waals surface area contributed by atoms with Crippen molar-refractivity contribution < 1.29 is 19.0 Å². The Hall–Kier alpha value is -3.72. The zero-order chi connectivity index (χ0) is 19.9. The number of para-hydroxylation sites is 2. The second-order valence-corrected chi connectivity index (χ2v) is 5.96. The van der Waals surface area contributed by atoms with E-state index < -0.39 is 5.91 Å². The lowest BCUT2D eigenvalue weighted by atomic mass is 10.0. The fourth-order valence-electron chi connectivity index (χ4n) is 2.75. The van der Waals surface area contributed by atoms with Crippen molar-refractivity contribution in [3.05, 3.63) is 65.3 Å². The first kappa shape index (κ1) is 19.1. The Kier molecular flexibility index (Phi) is 5.97. The summed E-state index contributed by atoms with van der Waals surface area (Å²) in [5.74, 6) is 1.45. The molecule has 28 heavy (non-hydrogen) atoms. The van der Waals surface area contributed by atoms with Gasteiger partial charge in [-0.15, -0.1) is 0 Å². The van der Waals surface area contributed by atoms with Crippen molar-refractivity contribution in [3.63, 3.8) is 0 Å². The molecule has 1 heterocycles. The van der Waals surface area contributed by atoms with Crippen LogP contribution in [0.2, 0.25) is 0 Å². The average Bonchev–Trinajstić information content (AvgIpc) is 2.73. The van der Waals surface area contributed by atoms with Crippen LogP contribution in [0.25, 0.3) is 6.08 Å². The molecule has 1 aliphatic heterocycles.